The monoisotopic (exact) mass is 402 g/mol. The molecule has 0 saturated carbocycles. The molecule has 0 unspecified atom stereocenters. The van der Waals surface area contributed by atoms with Crippen LogP contribution in [0.1, 0.15) is 37.1 Å². The van der Waals surface area contributed by atoms with Gasteiger partial charge in [0.25, 0.3) is 0 Å². The van der Waals surface area contributed by atoms with Crippen molar-refractivity contribution in [1.82, 2.24) is 10.2 Å². The molecule has 3 aromatic rings. The van der Waals surface area contributed by atoms with Gasteiger partial charge in [0, 0.05) is 30.5 Å². The number of carbonyl (C=O) groups is 2. The molecule has 1 saturated heterocycles. The highest BCUT2D eigenvalue weighted by Gasteiger charge is 2.28. The van der Waals surface area contributed by atoms with Gasteiger partial charge in [0.05, 0.1) is 6.04 Å². The molecule has 1 N–H and O–H groups in total. The van der Waals surface area contributed by atoms with Crippen LogP contribution in [0.2, 0.25) is 0 Å². The Kier molecular flexibility index (Phi) is 5.98. The number of rotatable bonds is 5. The van der Waals surface area contributed by atoms with Gasteiger partial charge in [-0.2, -0.15) is 0 Å². The Bertz CT molecular complexity index is 1010. The summed E-state index contributed by atoms with van der Waals surface area (Å²) in [5, 5.41) is 4.10. The first-order valence-corrected chi connectivity index (χ1v) is 10.4. The molecule has 0 spiro atoms. The summed E-state index contributed by atoms with van der Waals surface area (Å²) in [6.45, 7) is 3.12. The Balaban J connectivity index is 1.28. The summed E-state index contributed by atoms with van der Waals surface area (Å²) >= 11 is 0. The zero-order valence-electron chi connectivity index (χ0n) is 17.1. The molecule has 0 radical (unpaired) electrons. The molecule has 2 amide bonds. The molecule has 154 valence electrons. The molecule has 4 rings (SSSR count). The Labute approximate surface area is 176 Å². The lowest BCUT2D eigenvalue weighted by atomic mass is 9.95. The third kappa shape index (κ3) is 4.62. The van der Waals surface area contributed by atoms with Gasteiger partial charge in [-0.3, -0.25) is 9.59 Å². The SMILES string of the molecule is C[C@@H](NC(=O)C1CCN(C(=O)/C=C/c2ccccc2)CC1)c1cc2ccccc2o1. The normalized spacial score (nSPS) is 16.1. The molecule has 1 atom stereocenters. The average Bonchev–Trinajstić information content (AvgIpc) is 3.23. The van der Waals surface area contributed by atoms with Crippen LogP contribution in [0.4, 0.5) is 0 Å². The van der Waals surface area contributed by atoms with Crippen molar-refractivity contribution in [3.8, 4) is 0 Å². The Morgan fingerprint density at radius 2 is 1.77 bits per heavy atom. The third-order valence-electron chi connectivity index (χ3n) is 5.63. The summed E-state index contributed by atoms with van der Waals surface area (Å²) in [5.41, 5.74) is 1.82. The average molecular weight is 402 g/mol. The van der Waals surface area contributed by atoms with E-state index in [0.29, 0.717) is 25.9 Å². The van der Waals surface area contributed by atoms with Crippen molar-refractivity contribution in [3.63, 3.8) is 0 Å². The molecule has 5 heteroatoms. The van der Waals surface area contributed by atoms with Gasteiger partial charge in [-0.05, 0) is 43.5 Å². The summed E-state index contributed by atoms with van der Waals surface area (Å²) in [5.74, 6) is 0.686. The predicted octanol–water partition coefficient (Wildman–Crippen LogP) is 4.56. The number of piperidine rings is 1. The number of amides is 2. The number of nitrogens with one attached hydrogen (secondary N) is 1. The molecule has 0 aliphatic carbocycles. The van der Waals surface area contributed by atoms with E-state index in [-0.39, 0.29) is 23.8 Å². The largest absolute Gasteiger partial charge is 0.459 e. The first kappa shape index (κ1) is 20.0. The summed E-state index contributed by atoms with van der Waals surface area (Å²) in [6, 6.07) is 19.4. The Morgan fingerprint density at radius 1 is 1.07 bits per heavy atom. The number of likely N-dealkylation sites (tertiary alicyclic amines) is 1. The van der Waals surface area contributed by atoms with Crippen molar-refractivity contribution in [2.75, 3.05) is 13.1 Å². The zero-order chi connectivity index (χ0) is 20.9. The number of hydrogen-bond donors (Lipinski definition) is 1. The lowest BCUT2D eigenvalue weighted by Crippen LogP contribution is -2.43. The molecule has 1 aromatic heterocycles. The lowest BCUT2D eigenvalue weighted by Gasteiger charge is -2.31. The van der Waals surface area contributed by atoms with E-state index in [2.05, 4.69) is 5.32 Å². The maximum atomic E-state index is 12.7. The summed E-state index contributed by atoms with van der Waals surface area (Å²) in [4.78, 5) is 26.9. The molecule has 2 heterocycles. The lowest BCUT2D eigenvalue weighted by molar-refractivity contribution is -0.132. The van der Waals surface area contributed by atoms with Gasteiger partial charge in [-0.15, -0.1) is 0 Å². The highest BCUT2D eigenvalue weighted by molar-refractivity contribution is 5.92. The van der Waals surface area contributed by atoms with Crippen LogP contribution in [-0.2, 0) is 9.59 Å². The molecule has 1 fully saturated rings. The van der Waals surface area contributed by atoms with E-state index in [0.717, 1.165) is 22.3 Å². The minimum atomic E-state index is -0.196. The standard InChI is InChI=1S/C25H26N2O3/c1-18(23-17-21-9-5-6-10-22(21)30-23)26-25(29)20-13-15-27(16-14-20)24(28)12-11-19-7-3-2-4-8-19/h2-12,17-18,20H,13-16H2,1H3,(H,26,29)/b12-11+/t18-/m1/s1. The summed E-state index contributed by atoms with van der Waals surface area (Å²) in [6.07, 6.45) is 4.78. The zero-order valence-corrected chi connectivity index (χ0v) is 17.1. The van der Waals surface area contributed by atoms with E-state index in [1.54, 1.807) is 6.08 Å². The van der Waals surface area contributed by atoms with Crippen LogP contribution in [0.15, 0.2) is 71.2 Å². The number of hydrogen-bond acceptors (Lipinski definition) is 3. The van der Waals surface area contributed by atoms with Gasteiger partial charge in [-0.1, -0.05) is 48.5 Å². The summed E-state index contributed by atoms with van der Waals surface area (Å²) < 4.78 is 5.85. The van der Waals surface area contributed by atoms with Crippen LogP contribution < -0.4 is 5.32 Å². The Morgan fingerprint density at radius 3 is 2.50 bits per heavy atom. The van der Waals surface area contributed by atoms with Crippen LogP contribution in [0.3, 0.4) is 0 Å². The fraction of sp³-hybridized carbons (Fsp3) is 0.280. The number of nitrogens with zero attached hydrogens (tertiary/aromatic N) is 1. The van der Waals surface area contributed by atoms with E-state index in [1.807, 2.05) is 78.6 Å². The second-order valence-electron chi connectivity index (χ2n) is 7.76. The van der Waals surface area contributed by atoms with Gasteiger partial charge < -0.3 is 14.6 Å². The van der Waals surface area contributed by atoms with Crippen LogP contribution >= 0.6 is 0 Å². The molecule has 5 nitrogen and oxygen atoms in total. The van der Waals surface area contributed by atoms with E-state index >= 15 is 0 Å². The topological polar surface area (TPSA) is 62.6 Å². The fourth-order valence-corrected chi connectivity index (χ4v) is 3.82. The van der Waals surface area contributed by atoms with Crippen molar-refractivity contribution in [3.05, 3.63) is 78.1 Å². The van der Waals surface area contributed by atoms with Gasteiger partial charge >= 0.3 is 0 Å². The van der Waals surface area contributed by atoms with Crippen molar-refractivity contribution < 1.29 is 14.0 Å². The van der Waals surface area contributed by atoms with Crippen LogP contribution in [0, 0.1) is 5.92 Å². The van der Waals surface area contributed by atoms with Gasteiger partial charge in [0.15, 0.2) is 0 Å². The van der Waals surface area contributed by atoms with E-state index < -0.39 is 0 Å². The quantitative estimate of drug-likeness (QED) is 0.636. The van der Waals surface area contributed by atoms with Crippen molar-refractivity contribution >= 4 is 28.9 Å². The highest BCUT2D eigenvalue weighted by atomic mass is 16.3. The number of fused-ring (bicyclic) bond motifs is 1. The minimum absolute atomic E-state index is 0.00615. The molecule has 30 heavy (non-hydrogen) atoms. The van der Waals surface area contributed by atoms with Crippen molar-refractivity contribution in [1.29, 1.82) is 0 Å². The maximum absolute atomic E-state index is 12.7. The van der Waals surface area contributed by atoms with Crippen molar-refractivity contribution in [2.45, 2.75) is 25.8 Å². The highest BCUT2D eigenvalue weighted by Crippen LogP contribution is 2.25. The minimum Gasteiger partial charge on any atom is -0.459 e. The number of carbonyl (C=O) groups excluding carboxylic acids is 2. The molecule has 1 aliphatic heterocycles. The number of benzene rings is 2. The molecular weight excluding hydrogens is 376 g/mol. The Hall–Kier alpha value is -3.34. The molecule has 0 bridgehead atoms. The van der Waals surface area contributed by atoms with Gasteiger partial charge in [0.1, 0.15) is 11.3 Å². The van der Waals surface area contributed by atoms with E-state index in [9.17, 15) is 9.59 Å². The first-order valence-electron chi connectivity index (χ1n) is 10.4. The maximum Gasteiger partial charge on any atom is 0.246 e. The summed E-state index contributed by atoms with van der Waals surface area (Å²) in [7, 11) is 0. The van der Waals surface area contributed by atoms with Gasteiger partial charge in [0.2, 0.25) is 11.8 Å². The number of para-hydroxylation sites is 1. The molecular formula is C25H26N2O3. The van der Waals surface area contributed by atoms with Crippen LogP contribution in [0.5, 0.6) is 0 Å². The number of furan rings is 1. The predicted molar refractivity (Wildman–Crippen MR) is 118 cm³/mol. The van der Waals surface area contributed by atoms with E-state index in [4.69, 9.17) is 4.42 Å². The molecule has 2 aromatic carbocycles. The van der Waals surface area contributed by atoms with Crippen molar-refractivity contribution in [2.24, 2.45) is 5.92 Å². The van der Waals surface area contributed by atoms with E-state index in [1.165, 1.54) is 0 Å². The van der Waals surface area contributed by atoms with Crippen LogP contribution in [-0.4, -0.2) is 29.8 Å². The second-order valence-corrected chi connectivity index (χ2v) is 7.76. The third-order valence-corrected chi connectivity index (χ3v) is 5.63. The van der Waals surface area contributed by atoms with Gasteiger partial charge in [-0.25, -0.2) is 0 Å². The molecule has 1 aliphatic rings. The van der Waals surface area contributed by atoms with Crippen LogP contribution in [0.25, 0.3) is 17.0 Å². The fourth-order valence-electron chi connectivity index (χ4n) is 3.82. The smallest absolute Gasteiger partial charge is 0.246 e. The first-order chi connectivity index (χ1) is 14.6. The second kappa shape index (κ2) is 8.99.